The lowest BCUT2D eigenvalue weighted by atomic mass is 9.92. The Kier molecular flexibility index (Phi) is 6.30. The zero-order valence-corrected chi connectivity index (χ0v) is 15.5. The molecule has 4 atom stereocenters. The van der Waals surface area contributed by atoms with Crippen molar-refractivity contribution in [2.24, 2.45) is 23.7 Å². The highest BCUT2D eigenvalue weighted by Gasteiger charge is 2.45. The minimum Gasteiger partial charge on any atom is -0.447 e. The zero-order valence-electron chi connectivity index (χ0n) is 13.9. The lowest BCUT2D eigenvalue weighted by molar-refractivity contribution is -0.134. The molecule has 0 bridgehead atoms. The van der Waals surface area contributed by atoms with Crippen LogP contribution in [0.25, 0.3) is 0 Å². The van der Waals surface area contributed by atoms with Crippen LogP contribution in [0.5, 0.6) is 0 Å². The van der Waals surface area contributed by atoms with Crippen LogP contribution in [-0.2, 0) is 9.53 Å². The molecule has 1 aliphatic carbocycles. The van der Waals surface area contributed by atoms with E-state index in [0.717, 1.165) is 18.2 Å². The van der Waals surface area contributed by atoms with Crippen LogP contribution in [0.15, 0.2) is 0 Å². The summed E-state index contributed by atoms with van der Waals surface area (Å²) in [7, 11) is 0. The van der Waals surface area contributed by atoms with Crippen molar-refractivity contribution >= 4 is 27.9 Å². The van der Waals surface area contributed by atoms with Gasteiger partial charge in [0.1, 0.15) is 6.61 Å². The van der Waals surface area contributed by atoms with Gasteiger partial charge in [-0.15, -0.1) is 0 Å². The summed E-state index contributed by atoms with van der Waals surface area (Å²) < 4.78 is 5.12. The molecule has 0 N–H and O–H groups in total. The van der Waals surface area contributed by atoms with E-state index in [0.29, 0.717) is 18.4 Å². The predicted octanol–water partition coefficient (Wildman–Crippen LogP) is 4.22. The van der Waals surface area contributed by atoms with Gasteiger partial charge < -0.3 is 4.74 Å². The maximum Gasteiger partial charge on any atom is 0.416 e. The molecule has 2 rings (SSSR count). The van der Waals surface area contributed by atoms with E-state index in [1.165, 1.54) is 24.2 Å². The fourth-order valence-electron chi connectivity index (χ4n) is 3.80. The third kappa shape index (κ3) is 3.66. The van der Waals surface area contributed by atoms with Crippen molar-refractivity contribution in [3.05, 3.63) is 0 Å². The number of halogens is 1. The molecule has 22 heavy (non-hydrogen) atoms. The van der Waals surface area contributed by atoms with Gasteiger partial charge in [-0.05, 0) is 30.6 Å². The van der Waals surface area contributed by atoms with Gasteiger partial charge in [0.05, 0.1) is 6.04 Å². The Morgan fingerprint density at radius 2 is 2.05 bits per heavy atom. The summed E-state index contributed by atoms with van der Waals surface area (Å²) in [6, 6.07) is -0.0999. The third-order valence-corrected chi connectivity index (χ3v) is 6.06. The lowest BCUT2D eigenvalue weighted by Gasteiger charge is -2.25. The fourth-order valence-corrected chi connectivity index (χ4v) is 4.59. The van der Waals surface area contributed by atoms with Gasteiger partial charge in [0, 0.05) is 11.2 Å². The molecule has 0 aromatic rings. The zero-order chi connectivity index (χ0) is 16.3. The number of ether oxygens (including phenoxy) is 1. The maximum absolute atomic E-state index is 12.9. The lowest BCUT2D eigenvalue weighted by Crippen LogP contribution is -2.44. The molecule has 2 fully saturated rings. The van der Waals surface area contributed by atoms with Crippen molar-refractivity contribution in [2.45, 2.75) is 58.9 Å². The summed E-state index contributed by atoms with van der Waals surface area (Å²) in [5.74, 6) is 1.36. The van der Waals surface area contributed by atoms with Gasteiger partial charge in [0.2, 0.25) is 5.91 Å². The van der Waals surface area contributed by atoms with Crippen LogP contribution in [0.2, 0.25) is 0 Å². The van der Waals surface area contributed by atoms with Gasteiger partial charge in [-0.2, -0.15) is 0 Å². The third-order valence-electron chi connectivity index (χ3n) is 5.23. The Bertz CT molecular complexity index is 413. The normalized spacial score (nSPS) is 31.9. The molecular formula is C17H28BrNO3. The van der Waals surface area contributed by atoms with Gasteiger partial charge in [0.15, 0.2) is 0 Å². The highest BCUT2D eigenvalue weighted by molar-refractivity contribution is 9.09. The summed E-state index contributed by atoms with van der Waals surface area (Å²) in [6.07, 6.45) is 4.97. The average molecular weight is 374 g/mol. The summed E-state index contributed by atoms with van der Waals surface area (Å²) in [5, 5.41) is 0.948. The molecule has 1 saturated carbocycles. The van der Waals surface area contributed by atoms with Crippen LogP contribution >= 0.6 is 15.9 Å². The van der Waals surface area contributed by atoms with Gasteiger partial charge in [-0.3, -0.25) is 4.79 Å². The van der Waals surface area contributed by atoms with E-state index in [4.69, 9.17) is 4.74 Å². The van der Waals surface area contributed by atoms with Gasteiger partial charge >= 0.3 is 6.09 Å². The number of nitrogens with zero attached hydrogens (tertiary/aromatic N) is 1. The number of cyclic esters (lactones) is 1. The Morgan fingerprint density at radius 1 is 1.36 bits per heavy atom. The van der Waals surface area contributed by atoms with E-state index in [-0.39, 0.29) is 23.8 Å². The minimum absolute atomic E-state index is 0.00820. The topological polar surface area (TPSA) is 46.6 Å². The molecule has 2 aliphatic rings. The van der Waals surface area contributed by atoms with E-state index >= 15 is 0 Å². The van der Waals surface area contributed by atoms with Crippen LogP contribution in [-0.4, -0.2) is 34.9 Å². The SMILES string of the molecule is CCCCC1CC(C(=O)N2C(=O)OC[C@@H]2C(C)C)CC1CBr. The molecule has 0 spiro atoms. The van der Waals surface area contributed by atoms with Crippen molar-refractivity contribution in [1.29, 1.82) is 0 Å². The van der Waals surface area contributed by atoms with Crippen molar-refractivity contribution in [3.8, 4) is 0 Å². The molecule has 0 radical (unpaired) electrons. The van der Waals surface area contributed by atoms with Crippen molar-refractivity contribution in [1.82, 2.24) is 4.90 Å². The molecule has 0 aromatic heterocycles. The highest BCUT2D eigenvalue weighted by Crippen LogP contribution is 2.42. The maximum atomic E-state index is 12.9. The Labute approximate surface area is 142 Å². The van der Waals surface area contributed by atoms with E-state index < -0.39 is 6.09 Å². The smallest absolute Gasteiger partial charge is 0.416 e. The second-order valence-corrected chi connectivity index (χ2v) is 7.73. The second kappa shape index (κ2) is 7.80. The molecule has 1 heterocycles. The van der Waals surface area contributed by atoms with Gasteiger partial charge in [-0.25, -0.2) is 9.69 Å². The molecule has 2 amide bonds. The first-order valence-corrected chi connectivity index (χ1v) is 9.67. The predicted molar refractivity (Wildman–Crippen MR) is 89.8 cm³/mol. The number of unbranched alkanes of at least 4 members (excludes halogenated alkanes) is 1. The highest BCUT2D eigenvalue weighted by atomic mass is 79.9. The first-order chi connectivity index (χ1) is 10.5. The van der Waals surface area contributed by atoms with Crippen LogP contribution in [0.1, 0.15) is 52.9 Å². The first-order valence-electron chi connectivity index (χ1n) is 8.55. The van der Waals surface area contributed by atoms with Crippen LogP contribution in [0, 0.1) is 23.7 Å². The number of amides is 2. The molecule has 4 nitrogen and oxygen atoms in total. The van der Waals surface area contributed by atoms with Crippen LogP contribution < -0.4 is 0 Å². The molecule has 3 unspecified atom stereocenters. The summed E-state index contributed by atoms with van der Waals surface area (Å²) in [4.78, 5) is 26.2. The van der Waals surface area contributed by atoms with Crippen molar-refractivity contribution in [2.75, 3.05) is 11.9 Å². The summed E-state index contributed by atoms with van der Waals surface area (Å²) in [6.45, 7) is 6.62. The summed E-state index contributed by atoms with van der Waals surface area (Å²) in [5.41, 5.74) is 0. The Hall–Kier alpha value is -0.580. The van der Waals surface area contributed by atoms with Gasteiger partial charge in [0.25, 0.3) is 0 Å². The number of imide groups is 1. The monoisotopic (exact) mass is 373 g/mol. The van der Waals surface area contributed by atoms with E-state index in [1.54, 1.807) is 0 Å². The molecule has 5 heteroatoms. The number of rotatable bonds is 6. The number of carbonyl (C=O) groups is 2. The Balaban J connectivity index is 2.04. The van der Waals surface area contributed by atoms with Crippen molar-refractivity contribution < 1.29 is 14.3 Å². The fraction of sp³-hybridized carbons (Fsp3) is 0.882. The average Bonchev–Trinajstić information content (AvgIpc) is 3.07. The van der Waals surface area contributed by atoms with Crippen molar-refractivity contribution in [3.63, 3.8) is 0 Å². The number of hydrogen-bond donors (Lipinski definition) is 0. The standard InChI is InChI=1S/C17H28BrNO3/c1-4-5-6-12-7-13(8-14(12)9-18)16(20)19-15(11(2)3)10-22-17(19)21/h11-15H,4-10H2,1-3H3/t12?,13?,14?,15-/m1/s1. The molecule has 1 saturated heterocycles. The Morgan fingerprint density at radius 3 is 2.64 bits per heavy atom. The summed E-state index contributed by atoms with van der Waals surface area (Å²) >= 11 is 3.60. The molecule has 126 valence electrons. The second-order valence-electron chi connectivity index (χ2n) is 7.08. The van der Waals surface area contributed by atoms with E-state index in [2.05, 4.69) is 22.9 Å². The number of hydrogen-bond acceptors (Lipinski definition) is 3. The molecular weight excluding hydrogens is 346 g/mol. The number of carbonyl (C=O) groups excluding carboxylic acids is 2. The van der Waals surface area contributed by atoms with E-state index in [9.17, 15) is 9.59 Å². The molecule has 0 aromatic carbocycles. The first kappa shape index (κ1) is 17.8. The van der Waals surface area contributed by atoms with E-state index in [1.807, 2.05) is 13.8 Å². The largest absolute Gasteiger partial charge is 0.447 e. The molecule has 1 aliphatic heterocycles. The quantitative estimate of drug-likeness (QED) is 0.654. The van der Waals surface area contributed by atoms with Gasteiger partial charge in [-0.1, -0.05) is 56.0 Å². The van der Waals surface area contributed by atoms with Crippen LogP contribution in [0.3, 0.4) is 0 Å². The number of alkyl halides is 1. The minimum atomic E-state index is -0.448. The van der Waals surface area contributed by atoms with Crippen LogP contribution in [0.4, 0.5) is 4.79 Å².